The predicted octanol–water partition coefficient (Wildman–Crippen LogP) is 2.85. The van der Waals surface area contributed by atoms with Crippen molar-refractivity contribution < 1.29 is 32.6 Å². The van der Waals surface area contributed by atoms with Crippen LogP contribution in [0.3, 0.4) is 0 Å². The van der Waals surface area contributed by atoms with Gasteiger partial charge in [0.05, 0.1) is 0 Å². The summed E-state index contributed by atoms with van der Waals surface area (Å²) in [5.41, 5.74) is -1.33. The first-order chi connectivity index (χ1) is 12.6. The highest BCUT2D eigenvalue weighted by Gasteiger charge is 2.37. The van der Waals surface area contributed by atoms with Crippen LogP contribution in [0.25, 0.3) is 0 Å². The summed E-state index contributed by atoms with van der Waals surface area (Å²) in [5, 5.41) is 2.02. The van der Waals surface area contributed by atoms with Crippen LogP contribution in [0, 0.1) is 11.6 Å². The number of esters is 1. The zero-order chi connectivity index (χ0) is 20.2. The number of carbonyl (C=O) groups excluding carboxylic acids is 3. The van der Waals surface area contributed by atoms with Crippen LogP contribution in [0.5, 0.6) is 0 Å². The summed E-state index contributed by atoms with van der Waals surface area (Å²) >= 11 is 0. The van der Waals surface area contributed by atoms with Gasteiger partial charge in [-0.25, -0.2) is 18.4 Å². The molecule has 1 fully saturated rings. The molecule has 2 amide bonds. The van der Waals surface area contributed by atoms with Crippen LogP contribution >= 0.6 is 0 Å². The monoisotopic (exact) mass is 384 g/mol. The molecule has 0 bridgehead atoms. The molecule has 1 N–H and O–H groups in total. The van der Waals surface area contributed by atoms with Gasteiger partial charge in [0.25, 0.3) is 5.91 Å². The lowest BCUT2D eigenvalue weighted by Crippen LogP contribution is -2.44. The number of nitrogens with zero attached hydrogens (tertiary/aromatic N) is 1. The molecule has 0 unspecified atom stereocenters. The van der Waals surface area contributed by atoms with Crippen LogP contribution in [0.1, 0.15) is 33.6 Å². The summed E-state index contributed by atoms with van der Waals surface area (Å²) in [5.74, 6) is -3.56. The average molecular weight is 384 g/mol. The molecule has 1 heterocycles. The van der Waals surface area contributed by atoms with E-state index < -0.39 is 53.5 Å². The average Bonchev–Trinajstić information content (AvgIpc) is 3.04. The highest BCUT2D eigenvalue weighted by atomic mass is 19.1. The number of para-hydroxylation sites is 1. The van der Waals surface area contributed by atoms with Crippen molar-refractivity contribution in [1.82, 2.24) is 4.90 Å². The van der Waals surface area contributed by atoms with E-state index in [-0.39, 0.29) is 0 Å². The van der Waals surface area contributed by atoms with Crippen LogP contribution in [0.15, 0.2) is 18.2 Å². The molecule has 148 valence electrons. The highest BCUT2D eigenvalue weighted by molar-refractivity contribution is 5.93. The van der Waals surface area contributed by atoms with E-state index in [9.17, 15) is 23.2 Å². The number of rotatable bonds is 4. The number of carbonyl (C=O) groups is 3. The summed E-state index contributed by atoms with van der Waals surface area (Å²) in [6.07, 6.45) is 0.327. The molecule has 1 aliphatic rings. The van der Waals surface area contributed by atoms with Gasteiger partial charge in [-0.3, -0.25) is 9.69 Å². The summed E-state index contributed by atoms with van der Waals surface area (Å²) < 4.78 is 37.2. The number of hydrogen-bond donors (Lipinski definition) is 1. The topological polar surface area (TPSA) is 84.9 Å². The Balaban J connectivity index is 1.90. The summed E-state index contributed by atoms with van der Waals surface area (Å²) in [6, 6.07) is 2.27. The second-order valence-electron chi connectivity index (χ2n) is 7.08. The smallest absolute Gasteiger partial charge is 0.411 e. The number of nitrogens with one attached hydrogen (secondary N) is 1. The van der Waals surface area contributed by atoms with Gasteiger partial charge in [-0.2, -0.15) is 0 Å². The Bertz CT molecular complexity index is 713. The Morgan fingerprint density at radius 2 is 1.85 bits per heavy atom. The molecule has 7 nitrogen and oxygen atoms in total. The number of likely N-dealkylation sites (tertiary alicyclic amines) is 1. The van der Waals surface area contributed by atoms with Gasteiger partial charge in [0.1, 0.15) is 29.0 Å². The van der Waals surface area contributed by atoms with E-state index in [0.29, 0.717) is 19.4 Å². The Morgan fingerprint density at radius 3 is 2.44 bits per heavy atom. The molecule has 0 saturated carbocycles. The van der Waals surface area contributed by atoms with E-state index >= 15 is 0 Å². The minimum Gasteiger partial charge on any atom is -0.454 e. The maximum Gasteiger partial charge on any atom is 0.411 e. The van der Waals surface area contributed by atoms with Crippen molar-refractivity contribution in [3.05, 3.63) is 29.8 Å². The van der Waals surface area contributed by atoms with Gasteiger partial charge >= 0.3 is 12.1 Å². The number of ether oxygens (including phenoxy) is 2. The second kappa shape index (κ2) is 8.32. The maximum atomic E-state index is 13.5. The van der Waals surface area contributed by atoms with Gasteiger partial charge in [-0.15, -0.1) is 0 Å². The quantitative estimate of drug-likeness (QED) is 0.807. The van der Waals surface area contributed by atoms with Gasteiger partial charge in [-0.1, -0.05) is 6.07 Å². The number of halogens is 2. The molecule has 1 saturated heterocycles. The molecule has 27 heavy (non-hydrogen) atoms. The lowest BCUT2D eigenvalue weighted by molar-refractivity contribution is -0.151. The Kier molecular flexibility index (Phi) is 6.35. The third-order valence-corrected chi connectivity index (χ3v) is 3.73. The van der Waals surface area contributed by atoms with Gasteiger partial charge in [0.2, 0.25) is 0 Å². The highest BCUT2D eigenvalue weighted by Crippen LogP contribution is 2.22. The molecule has 0 aromatic heterocycles. The second-order valence-corrected chi connectivity index (χ2v) is 7.08. The molecular weight excluding hydrogens is 362 g/mol. The fraction of sp³-hybridized carbons (Fsp3) is 0.500. The molecule has 2 rings (SSSR count). The van der Waals surface area contributed by atoms with Gasteiger partial charge in [0.15, 0.2) is 6.61 Å². The Morgan fingerprint density at radius 1 is 1.22 bits per heavy atom. The third kappa shape index (κ3) is 5.63. The van der Waals surface area contributed by atoms with Crippen molar-refractivity contribution in [2.45, 2.75) is 45.3 Å². The summed E-state index contributed by atoms with van der Waals surface area (Å²) in [4.78, 5) is 37.4. The fourth-order valence-electron chi connectivity index (χ4n) is 2.58. The Hall–Kier alpha value is -2.71. The van der Waals surface area contributed by atoms with Crippen molar-refractivity contribution in [3.63, 3.8) is 0 Å². The zero-order valence-corrected chi connectivity index (χ0v) is 15.4. The van der Waals surface area contributed by atoms with Crippen molar-refractivity contribution in [2.24, 2.45) is 0 Å². The first-order valence-electron chi connectivity index (χ1n) is 8.48. The van der Waals surface area contributed by atoms with E-state index in [4.69, 9.17) is 9.47 Å². The number of benzene rings is 1. The molecule has 0 spiro atoms. The maximum absolute atomic E-state index is 13.5. The van der Waals surface area contributed by atoms with Crippen molar-refractivity contribution in [2.75, 3.05) is 18.5 Å². The minimum absolute atomic E-state index is 0.335. The summed E-state index contributed by atoms with van der Waals surface area (Å²) in [6.45, 7) is 4.73. The Labute approximate surface area is 155 Å². The van der Waals surface area contributed by atoms with Crippen molar-refractivity contribution >= 4 is 23.7 Å². The molecule has 1 atom stereocenters. The standard InChI is InChI=1S/C18H22F2N2O5/c1-18(2,3)27-17(25)22-9-5-8-13(22)16(24)26-10-14(23)21-15-11(19)6-4-7-12(15)20/h4,6-7,13H,5,8-10H2,1-3H3,(H,21,23)/t13-/m0/s1. The lowest BCUT2D eigenvalue weighted by atomic mass is 10.2. The minimum atomic E-state index is -0.943. The molecule has 0 aliphatic carbocycles. The summed E-state index contributed by atoms with van der Waals surface area (Å²) in [7, 11) is 0. The van der Waals surface area contributed by atoms with E-state index in [1.807, 2.05) is 5.32 Å². The van der Waals surface area contributed by atoms with E-state index in [1.54, 1.807) is 20.8 Å². The fourth-order valence-corrected chi connectivity index (χ4v) is 2.58. The van der Waals surface area contributed by atoms with E-state index in [2.05, 4.69) is 0 Å². The van der Waals surface area contributed by atoms with Gasteiger partial charge < -0.3 is 14.8 Å². The predicted molar refractivity (Wildman–Crippen MR) is 91.9 cm³/mol. The van der Waals surface area contributed by atoms with Gasteiger partial charge in [-0.05, 0) is 45.7 Å². The van der Waals surface area contributed by atoms with E-state index in [1.165, 1.54) is 4.90 Å². The van der Waals surface area contributed by atoms with E-state index in [0.717, 1.165) is 18.2 Å². The zero-order valence-electron chi connectivity index (χ0n) is 15.4. The largest absolute Gasteiger partial charge is 0.454 e. The van der Waals surface area contributed by atoms with Crippen LogP contribution < -0.4 is 5.32 Å². The number of hydrogen-bond acceptors (Lipinski definition) is 5. The molecule has 1 aromatic rings. The van der Waals surface area contributed by atoms with Gasteiger partial charge in [0, 0.05) is 6.54 Å². The molecule has 9 heteroatoms. The molecule has 1 aliphatic heterocycles. The van der Waals surface area contributed by atoms with Crippen LogP contribution in [0.4, 0.5) is 19.3 Å². The van der Waals surface area contributed by atoms with Crippen LogP contribution in [0.2, 0.25) is 0 Å². The first kappa shape index (κ1) is 20.6. The molecule has 1 aromatic carbocycles. The number of amides is 2. The van der Waals surface area contributed by atoms with Crippen LogP contribution in [-0.4, -0.2) is 47.7 Å². The van der Waals surface area contributed by atoms with Crippen LogP contribution in [-0.2, 0) is 19.1 Å². The first-order valence-corrected chi connectivity index (χ1v) is 8.48. The normalized spacial score (nSPS) is 16.8. The van der Waals surface area contributed by atoms with Crippen molar-refractivity contribution in [1.29, 1.82) is 0 Å². The third-order valence-electron chi connectivity index (χ3n) is 3.73. The van der Waals surface area contributed by atoms with Crippen molar-refractivity contribution in [3.8, 4) is 0 Å². The molecular formula is C18H22F2N2O5. The lowest BCUT2D eigenvalue weighted by Gasteiger charge is -2.27. The SMILES string of the molecule is CC(C)(C)OC(=O)N1CCC[C@H]1C(=O)OCC(=O)Nc1c(F)cccc1F. The molecule has 0 radical (unpaired) electrons. The number of anilines is 1.